The van der Waals surface area contributed by atoms with Gasteiger partial charge in [0.2, 0.25) is 0 Å². The van der Waals surface area contributed by atoms with Gasteiger partial charge in [-0.25, -0.2) is 8.42 Å². The third kappa shape index (κ3) is 2.59. The van der Waals surface area contributed by atoms with Gasteiger partial charge in [0.1, 0.15) is 0 Å². The first-order valence-corrected chi connectivity index (χ1v) is 6.70. The van der Waals surface area contributed by atoms with Crippen molar-refractivity contribution < 1.29 is 8.42 Å². The van der Waals surface area contributed by atoms with Crippen molar-refractivity contribution >= 4 is 47.3 Å². The van der Waals surface area contributed by atoms with Crippen molar-refractivity contribution in [2.24, 2.45) is 0 Å². The molecule has 0 spiro atoms. The van der Waals surface area contributed by atoms with Crippen molar-refractivity contribution in [3.63, 3.8) is 0 Å². The summed E-state index contributed by atoms with van der Waals surface area (Å²) in [6.07, 6.45) is 0. The molecule has 0 aliphatic heterocycles. The minimum absolute atomic E-state index is 0.0444. The van der Waals surface area contributed by atoms with Crippen LogP contribution in [0.3, 0.4) is 0 Å². The molecule has 0 heterocycles. The summed E-state index contributed by atoms with van der Waals surface area (Å²) in [4.78, 5) is 0.0444. The summed E-state index contributed by atoms with van der Waals surface area (Å²) in [6.45, 7) is 1.71. The van der Waals surface area contributed by atoms with Gasteiger partial charge in [0.05, 0.1) is 9.92 Å². The van der Waals surface area contributed by atoms with Gasteiger partial charge < -0.3 is 0 Å². The van der Waals surface area contributed by atoms with Gasteiger partial charge in [-0.05, 0) is 40.5 Å². The van der Waals surface area contributed by atoms with Crippen LogP contribution in [-0.2, 0) is 9.05 Å². The van der Waals surface area contributed by atoms with Crippen LogP contribution in [-0.4, -0.2) is 8.42 Å². The van der Waals surface area contributed by atoms with E-state index in [1.807, 2.05) is 0 Å². The topological polar surface area (TPSA) is 34.1 Å². The summed E-state index contributed by atoms with van der Waals surface area (Å²) >= 11 is 8.95. The molecule has 2 nitrogen and oxygen atoms in total. The van der Waals surface area contributed by atoms with Crippen LogP contribution < -0.4 is 0 Å². The van der Waals surface area contributed by atoms with Crippen LogP contribution in [0.25, 0.3) is 0 Å². The van der Waals surface area contributed by atoms with Crippen molar-refractivity contribution in [1.82, 2.24) is 0 Å². The van der Waals surface area contributed by atoms with Gasteiger partial charge in [-0.15, -0.1) is 0 Å². The van der Waals surface area contributed by atoms with Crippen LogP contribution in [0.1, 0.15) is 5.56 Å². The first kappa shape index (κ1) is 11.3. The molecule has 0 atom stereocenters. The lowest BCUT2D eigenvalue weighted by Crippen LogP contribution is -1.92. The third-order valence-electron chi connectivity index (χ3n) is 1.47. The van der Waals surface area contributed by atoms with Crippen LogP contribution in [0, 0.1) is 6.92 Å². The van der Waals surface area contributed by atoms with Crippen LogP contribution in [0.15, 0.2) is 21.5 Å². The predicted octanol–water partition coefficient (Wildman–Crippen LogP) is 3.34. The summed E-state index contributed by atoms with van der Waals surface area (Å²) in [5.74, 6) is 0. The molecule has 0 radical (unpaired) electrons. The molecular weight excluding hydrogens is 299 g/mol. The highest BCUT2D eigenvalue weighted by Crippen LogP contribution is 2.30. The largest absolute Gasteiger partial charge is 0.261 e. The van der Waals surface area contributed by atoms with E-state index in [9.17, 15) is 8.42 Å². The molecule has 0 amide bonds. The van der Waals surface area contributed by atoms with Crippen LogP contribution in [0.4, 0.5) is 0 Å². The number of aryl methyl sites for hydroxylation is 1. The van der Waals surface area contributed by atoms with E-state index in [2.05, 4.69) is 15.9 Å². The molecule has 0 N–H and O–H groups in total. The molecule has 1 rings (SSSR count). The Morgan fingerprint density at radius 2 is 1.92 bits per heavy atom. The van der Waals surface area contributed by atoms with E-state index in [4.69, 9.17) is 22.3 Å². The first-order valence-electron chi connectivity index (χ1n) is 3.22. The second kappa shape index (κ2) is 3.77. The van der Waals surface area contributed by atoms with Crippen LogP contribution in [0.5, 0.6) is 0 Å². The number of benzene rings is 1. The van der Waals surface area contributed by atoms with Gasteiger partial charge in [-0.2, -0.15) is 0 Å². The molecule has 0 fully saturated rings. The zero-order valence-electron chi connectivity index (χ0n) is 6.51. The fraction of sp³-hybridized carbons (Fsp3) is 0.143. The Morgan fingerprint density at radius 3 is 2.31 bits per heavy atom. The maximum absolute atomic E-state index is 11.0. The lowest BCUT2D eigenvalue weighted by Gasteiger charge is -2.03. The number of halogens is 3. The van der Waals surface area contributed by atoms with Gasteiger partial charge >= 0.3 is 0 Å². The Balaban J connectivity index is 3.47. The van der Waals surface area contributed by atoms with Crippen molar-refractivity contribution in [2.75, 3.05) is 0 Å². The fourth-order valence-corrected chi connectivity index (χ4v) is 2.50. The van der Waals surface area contributed by atoms with Gasteiger partial charge in [0, 0.05) is 15.2 Å². The van der Waals surface area contributed by atoms with E-state index in [1.165, 1.54) is 12.1 Å². The monoisotopic (exact) mass is 302 g/mol. The summed E-state index contributed by atoms with van der Waals surface area (Å²) in [6, 6.07) is 2.80. The van der Waals surface area contributed by atoms with Gasteiger partial charge in [-0.3, -0.25) is 0 Å². The molecule has 0 aliphatic rings. The second-order valence-corrected chi connectivity index (χ2v) is 6.27. The highest BCUT2D eigenvalue weighted by atomic mass is 79.9. The number of rotatable bonds is 1. The molecule has 72 valence electrons. The van der Waals surface area contributed by atoms with Crippen LogP contribution >= 0.6 is 38.2 Å². The zero-order chi connectivity index (χ0) is 10.2. The Hall–Kier alpha value is 0.230. The Kier molecular flexibility index (Phi) is 3.28. The minimum Gasteiger partial charge on any atom is -0.207 e. The molecule has 0 aromatic heterocycles. The lowest BCUT2D eigenvalue weighted by atomic mass is 10.2. The van der Waals surface area contributed by atoms with Gasteiger partial charge in [0.15, 0.2) is 0 Å². The molecule has 6 heteroatoms. The van der Waals surface area contributed by atoms with Gasteiger partial charge in [-0.1, -0.05) is 11.6 Å². The molecule has 1 aromatic rings. The van der Waals surface area contributed by atoms with Gasteiger partial charge in [0.25, 0.3) is 9.05 Å². The minimum atomic E-state index is -3.68. The van der Waals surface area contributed by atoms with E-state index in [-0.39, 0.29) is 4.90 Å². The third-order valence-corrected chi connectivity index (χ3v) is 4.15. The Labute approximate surface area is 94.4 Å². The van der Waals surface area contributed by atoms with Crippen molar-refractivity contribution in [3.8, 4) is 0 Å². The molecule has 13 heavy (non-hydrogen) atoms. The second-order valence-electron chi connectivity index (χ2n) is 2.47. The maximum Gasteiger partial charge on any atom is 0.261 e. The molecule has 0 saturated heterocycles. The van der Waals surface area contributed by atoms with Crippen LogP contribution in [0.2, 0.25) is 5.02 Å². The molecule has 0 unspecified atom stereocenters. The maximum atomic E-state index is 11.0. The summed E-state index contributed by atoms with van der Waals surface area (Å²) < 4.78 is 22.4. The summed E-state index contributed by atoms with van der Waals surface area (Å²) in [5, 5.41) is 0.490. The highest BCUT2D eigenvalue weighted by Gasteiger charge is 2.13. The quantitative estimate of drug-likeness (QED) is 0.746. The number of hydrogen-bond acceptors (Lipinski definition) is 2. The van der Waals surface area contributed by atoms with Crippen molar-refractivity contribution in [2.45, 2.75) is 11.8 Å². The highest BCUT2D eigenvalue weighted by molar-refractivity contribution is 9.10. The van der Waals surface area contributed by atoms with E-state index < -0.39 is 9.05 Å². The van der Waals surface area contributed by atoms with E-state index in [0.717, 1.165) is 0 Å². The Morgan fingerprint density at radius 1 is 1.38 bits per heavy atom. The standard InChI is InChI=1S/C7H5BrCl2O2S/c1-4-2-5(13(10,11)12)3-6(8)7(4)9/h2-3H,1H3. The normalized spacial score (nSPS) is 11.7. The van der Waals surface area contributed by atoms with Crippen molar-refractivity contribution in [1.29, 1.82) is 0 Å². The fourth-order valence-electron chi connectivity index (χ4n) is 0.836. The molecule has 0 saturated carbocycles. The summed E-state index contributed by atoms with van der Waals surface area (Å²) in [5.41, 5.74) is 0.662. The molecule has 0 bridgehead atoms. The Bertz CT molecular complexity index is 419. The summed E-state index contributed by atoms with van der Waals surface area (Å²) in [7, 11) is 1.48. The smallest absolute Gasteiger partial charge is 0.207 e. The predicted molar refractivity (Wildman–Crippen MR) is 56.9 cm³/mol. The van der Waals surface area contributed by atoms with Crippen molar-refractivity contribution in [3.05, 3.63) is 27.2 Å². The van der Waals surface area contributed by atoms with E-state index in [0.29, 0.717) is 15.1 Å². The average Bonchev–Trinajstić information content (AvgIpc) is 1.97. The van der Waals surface area contributed by atoms with E-state index >= 15 is 0 Å². The SMILES string of the molecule is Cc1cc(S(=O)(=O)Cl)cc(Br)c1Cl. The lowest BCUT2D eigenvalue weighted by molar-refractivity contribution is 0.609. The number of hydrogen-bond donors (Lipinski definition) is 0. The molecular formula is C7H5BrCl2O2S. The molecule has 1 aromatic carbocycles. The van der Waals surface area contributed by atoms with E-state index in [1.54, 1.807) is 6.92 Å². The molecule has 0 aliphatic carbocycles. The average molecular weight is 304 g/mol. The first-order chi connectivity index (χ1) is 5.82. The zero-order valence-corrected chi connectivity index (χ0v) is 10.4.